The highest BCUT2D eigenvalue weighted by molar-refractivity contribution is 5.72. The van der Waals surface area contributed by atoms with Gasteiger partial charge < -0.3 is 4.74 Å². The molecule has 0 amide bonds. The Labute approximate surface area is 168 Å². The van der Waals surface area contributed by atoms with Crippen LogP contribution in [0.1, 0.15) is 111 Å². The highest BCUT2D eigenvalue weighted by Crippen LogP contribution is 2.45. The molecule has 3 aliphatic rings. The molecule has 2 heteroatoms. The zero-order chi connectivity index (χ0) is 19.2. The van der Waals surface area contributed by atoms with E-state index in [0.717, 1.165) is 55.3 Å². The normalized spacial score (nSPS) is 40.5. The van der Waals surface area contributed by atoms with Crippen molar-refractivity contribution in [1.82, 2.24) is 0 Å². The van der Waals surface area contributed by atoms with E-state index >= 15 is 0 Å². The molecule has 0 heterocycles. The number of esters is 1. The lowest BCUT2D eigenvalue weighted by atomic mass is 9.64. The van der Waals surface area contributed by atoms with Crippen molar-refractivity contribution in [3.05, 3.63) is 0 Å². The van der Waals surface area contributed by atoms with Gasteiger partial charge in [0.15, 0.2) is 0 Å². The molecule has 0 saturated heterocycles. The first-order valence-electron chi connectivity index (χ1n) is 12.3. The van der Waals surface area contributed by atoms with Crippen LogP contribution in [0.15, 0.2) is 0 Å². The Morgan fingerprint density at radius 1 is 0.852 bits per heavy atom. The van der Waals surface area contributed by atoms with Crippen LogP contribution in [0.4, 0.5) is 0 Å². The van der Waals surface area contributed by atoms with E-state index in [1.807, 2.05) is 0 Å². The van der Waals surface area contributed by atoms with Crippen LogP contribution in [0.2, 0.25) is 0 Å². The summed E-state index contributed by atoms with van der Waals surface area (Å²) in [6, 6.07) is 0. The summed E-state index contributed by atoms with van der Waals surface area (Å²) in [6.07, 6.45) is 17.9. The Kier molecular flexibility index (Phi) is 8.09. The smallest absolute Gasteiger partial charge is 0.309 e. The fraction of sp³-hybridized carbons (Fsp3) is 0.960. The SMILES string of the molecule is CCCC1CCC(OC(=O)C2CCC(C3CCC(CC)CC3C)CC2)CC1. The molecule has 0 aromatic rings. The van der Waals surface area contributed by atoms with E-state index in [-0.39, 0.29) is 18.0 Å². The monoisotopic (exact) mass is 376 g/mol. The van der Waals surface area contributed by atoms with Crippen molar-refractivity contribution in [2.24, 2.45) is 35.5 Å². The van der Waals surface area contributed by atoms with Gasteiger partial charge in [-0.2, -0.15) is 0 Å². The lowest BCUT2D eigenvalue weighted by Gasteiger charge is -2.41. The van der Waals surface area contributed by atoms with E-state index < -0.39 is 0 Å². The highest BCUT2D eigenvalue weighted by Gasteiger charge is 2.37. The predicted octanol–water partition coefficient (Wildman–Crippen LogP) is 7.16. The Hall–Kier alpha value is -0.530. The summed E-state index contributed by atoms with van der Waals surface area (Å²) in [6.45, 7) is 7.12. The minimum absolute atomic E-state index is 0.134. The number of ether oxygens (including phenoxy) is 1. The zero-order valence-corrected chi connectivity index (χ0v) is 18.3. The molecule has 3 unspecified atom stereocenters. The Balaban J connectivity index is 1.38. The molecule has 3 fully saturated rings. The quantitative estimate of drug-likeness (QED) is 0.460. The van der Waals surface area contributed by atoms with Gasteiger partial charge in [0.25, 0.3) is 0 Å². The Bertz CT molecular complexity index is 443. The van der Waals surface area contributed by atoms with E-state index in [0.29, 0.717) is 0 Å². The van der Waals surface area contributed by atoms with Gasteiger partial charge in [0.2, 0.25) is 0 Å². The summed E-state index contributed by atoms with van der Waals surface area (Å²) in [5.74, 6) is 4.84. The van der Waals surface area contributed by atoms with Gasteiger partial charge in [0, 0.05) is 0 Å². The minimum atomic E-state index is 0.134. The molecular weight excluding hydrogens is 332 g/mol. The van der Waals surface area contributed by atoms with E-state index in [1.165, 1.54) is 64.2 Å². The average Bonchev–Trinajstić information content (AvgIpc) is 2.69. The molecule has 3 atom stereocenters. The second kappa shape index (κ2) is 10.3. The Morgan fingerprint density at radius 3 is 2.11 bits per heavy atom. The second-order valence-electron chi connectivity index (χ2n) is 10.2. The van der Waals surface area contributed by atoms with Crippen LogP contribution in [-0.4, -0.2) is 12.1 Å². The number of hydrogen-bond donors (Lipinski definition) is 0. The van der Waals surface area contributed by atoms with Crippen LogP contribution in [0, 0.1) is 35.5 Å². The van der Waals surface area contributed by atoms with Crippen LogP contribution in [0.3, 0.4) is 0 Å². The first kappa shape index (κ1) is 21.2. The molecule has 27 heavy (non-hydrogen) atoms. The molecule has 3 rings (SSSR count). The van der Waals surface area contributed by atoms with Crippen LogP contribution < -0.4 is 0 Å². The maximum absolute atomic E-state index is 12.7. The molecule has 0 N–H and O–H groups in total. The summed E-state index contributed by atoms with van der Waals surface area (Å²) in [5, 5.41) is 0. The number of rotatable bonds is 6. The molecule has 0 bridgehead atoms. The van der Waals surface area contributed by atoms with Crippen LogP contribution >= 0.6 is 0 Å². The molecular formula is C25H44O2. The molecule has 0 aromatic carbocycles. The maximum Gasteiger partial charge on any atom is 0.309 e. The van der Waals surface area contributed by atoms with Crippen molar-refractivity contribution >= 4 is 5.97 Å². The van der Waals surface area contributed by atoms with Gasteiger partial charge in [-0.3, -0.25) is 4.79 Å². The fourth-order valence-corrected chi connectivity index (χ4v) is 6.59. The summed E-state index contributed by atoms with van der Waals surface area (Å²) < 4.78 is 5.95. The summed E-state index contributed by atoms with van der Waals surface area (Å²) in [7, 11) is 0. The lowest BCUT2D eigenvalue weighted by molar-refractivity contribution is -0.157. The molecule has 0 spiro atoms. The van der Waals surface area contributed by atoms with Gasteiger partial charge in [-0.1, -0.05) is 46.5 Å². The van der Waals surface area contributed by atoms with E-state index in [1.54, 1.807) is 0 Å². The molecule has 0 aliphatic heterocycles. The largest absolute Gasteiger partial charge is 0.462 e. The summed E-state index contributed by atoms with van der Waals surface area (Å²) in [5.41, 5.74) is 0. The zero-order valence-electron chi connectivity index (χ0n) is 18.3. The van der Waals surface area contributed by atoms with Gasteiger partial charge in [0.05, 0.1) is 5.92 Å². The minimum Gasteiger partial charge on any atom is -0.462 e. The number of carbonyl (C=O) groups is 1. The topological polar surface area (TPSA) is 26.3 Å². The average molecular weight is 377 g/mol. The highest BCUT2D eigenvalue weighted by atomic mass is 16.5. The summed E-state index contributed by atoms with van der Waals surface area (Å²) in [4.78, 5) is 12.7. The van der Waals surface area contributed by atoms with E-state index in [2.05, 4.69) is 20.8 Å². The van der Waals surface area contributed by atoms with Crippen LogP contribution in [0.5, 0.6) is 0 Å². The second-order valence-corrected chi connectivity index (χ2v) is 10.2. The van der Waals surface area contributed by atoms with Crippen molar-refractivity contribution in [3.8, 4) is 0 Å². The first-order chi connectivity index (χ1) is 13.1. The van der Waals surface area contributed by atoms with Crippen molar-refractivity contribution in [2.45, 2.75) is 117 Å². The number of hydrogen-bond acceptors (Lipinski definition) is 2. The van der Waals surface area contributed by atoms with Gasteiger partial charge in [-0.05, 0) is 93.8 Å². The standard InChI is InChI=1S/C25H44O2/c1-4-6-20-7-14-23(15-8-20)27-25(26)22-12-10-21(11-13-22)24-16-9-19(5-2)17-18(24)3/h18-24H,4-17H2,1-3H3. The van der Waals surface area contributed by atoms with Gasteiger partial charge >= 0.3 is 5.97 Å². The summed E-state index contributed by atoms with van der Waals surface area (Å²) >= 11 is 0. The predicted molar refractivity (Wildman–Crippen MR) is 112 cm³/mol. The third-order valence-corrected chi connectivity index (χ3v) is 8.41. The molecule has 3 saturated carbocycles. The van der Waals surface area contributed by atoms with E-state index in [4.69, 9.17) is 4.74 Å². The van der Waals surface area contributed by atoms with Gasteiger partial charge in [0.1, 0.15) is 6.10 Å². The molecule has 2 nitrogen and oxygen atoms in total. The Morgan fingerprint density at radius 2 is 1.52 bits per heavy atom. The fourth-order valence-electron chi connectivity index (χ4n) is 6.59. The molecule has 3 aliphatic carbocycles. The lowest BCUT2D eigenvalue weighted by Crippen LogP contribution is -2.34. The van der Waals surface area contributed by atoms with Gasteiger partial charge in [-0.25, -0.2) is 0 Å². The maximum atomic E-state index is 12.7. The van der Waals surface area contributed by atoms with Gasteiger partial charge in [-0.15, -0.1) is 0 Å². The molecule has 0 radical (unpaired) electrons. The van der Waals surface area contributed by atoms with Crippen LogP contribution in [-0.2, 0) is 9.53 Å². The van der Waals surface area contributed by atoms with Crippen molar-refractivity contribution in [3.63, 3.8) is 0 Å². The first-order valence-corrected chi connectivity index (χ1v) is 12.3. The van der Waals surface area contributed by atoms with Crippen molar-refractivity contribution in [1.29, 1.82) is 0 Å². The number of carbonyl (C=O) groups excluding carboxylic acids is 1. The third kappa shape index (κ3) is 5.73. The molecule has 156 valence electrons. The van der Waals surface area contributed by atoms with Crippen LogP contribution in [0.25, 0.3) is 0 Å². The van der Waals surface area contributed by atoms with Crippen molar-refractivity contribution < 1.29 is 9.53 Å². The molecule has 0 aromatic heterocycles. The van der Waals surface area contributed by atoms with Crippen molar-refractivity contribution in [2.75, 3.05) is 0 Å². The third-order valence-electron chi connectivity index (χ3n) is 8.41. The van der Waals surface area contributed by atoms with E-state index in [9.17, 15) is 4.79 Å².